The summed E-state index contributed by atoms with van der Waals surface area (Å²) in [7, 11) is 0. The van der Waals surface area contributed by atoms with E-state index in [0.717, 1.165) is 0 Å². The molecule has 0 aromatic heterocycles. The maximum absolute atomic E-state index is 12.3. The van der Waals surface area contributed by atoms with E-state index in [9.17, 15) is 9.90 Å². The van der Waals surface area contributed by atoms with E-state index >= 15 is 0 Å². The van der Waals surface area contributed by atoms with Crippen LogP contribution < -0.4 is 20.1 Å². The summed E-state index contributed by atoms with van der Waals surface area (Å²) in [5, 5.41) is 16.3. The van der Waals surface area contributed by atoms with Gasteiger partial charge in [-0.3, -0.25) is 0 Å². The molecular formula is C18H19ClN2O4. The minimum atomic E-state index is -0.721. The molecule has 1 heterocycles. The number of benzene rings is 2. The molecule has 6 nitrogen and oxygen atoms in total. The molecular weight excluding hydrogens is 344 g/mol. The molecule has 2 amide bonds. The smallest absolute Gasteiger partial charge is 0.323 e. The van der Waals surface area contributed by atoms with Gasteiger partial charge < -0.3 is 25.2 Å². The van der Waals surface area contributed by atoms with E-state index < -0.39 is 12.1 Å². The Balaban J connectivity index is 1.82. The Morgan fingerprint density at radius 3 is 2.44 bits per heavy atom. The van der Waals surface area contributed by atoms with E-state index in [2.05, 4.69) is 10.6 Å². The van der Waals surface area contributed by atoms with Crippen molar-refractivity contribution in [2.24, 2.45) is 0 Å². The summed E-state index contributed by atoms with van der Waals surface area (Å²) in [5.41, 5.74) is 1.67. The lowest BCUT2D eigenvalue weighted by Crippen LogP contribution is -2.22. The minimum Gasteiger partial charge on any atom is -0.486 e. The van der Waals surface area contributed by atoms with Crippen LogP contribution in [0.25, 0.3) is 0 Å². The highest BCUT2D eigenvalue weighted by Crippen LogP contribution is 2.38. The van der Waals surface area contributed by atoms with Crippen LogP contribution in [0.1, 0.15) is 25.0 Å². The predicted molar refractivity (Wildman–Crippen MR) is 96.8 cm³/mol. The zero-order chi connectivity index (χ0) is 17.8. The van der Waals surface area contributed by atoms with Crippen molar-refractivity contribution in [3.05, 3.63) is 47.0 Å². The van der Waals surface area contributed by atoms with Gasteiger partial charge in [-0.1, -0.05) is 18.5 Å². The van der Waals surface area contributed by atoms with Gasteiger partial charge in [0.2, 0.25) is 0 Å². The molecule has 0 bridgehead atoms. The van der Waals surface area contributed by atoms with E-state index in [-0.39, 0.29) is 0 Å². The highest BCUT2D eigenvalue weighted by molar-refractivity contribution is 6.30. The lowest BCUT2D eigenvalue weighted by Gasteiger charge is -2.23. The molecule has 2 aromatic rings. The molecule has 0 fully saturated rings. The SMILES string of the molecule is CCC(O)c1cc2c(cc1NC(=O)Nc1ccc(Cl)cc1)OCCO2. The van der Waals surface area contributed by atoms with E-state index in [0.29, 0.717) is 53.1 Å². The fourth-order valence-corrected chi connectivity index (χ4v) is 2.65. The largest absolute Gasteiger partial charge is 0.486 e. The second kappa shape index (κ2) is 7.63. The molecule has 1 aliphatic rings. The summed E-state index contributed by atoms with van der Waals surface area (Å²) in [5.74, 6) is 1.11. The fourth-order valence-electron chi connectivity index (χ4n) is 2.53. The third kappa shape index (κ3) is 4.15. The Labute approximate surface area is 150 Å². The number of aliphatic hydroxyl groups is 1. The molecule has 0 saturated heterocycles. The zero-order valence-electron chi connectivity index (χ0n) is 13.7. The number of anilines is 2. The molecule has 25 heavy (non-hydrogen) atoms. The maximum Gasteiger partial charge on any atom is 0.323 e. The number of aliphatic hydroxyl groups excluding tert-OH is 1. The van der Waals surface area contributed by atoms with Crippen LogP contribution in [0.4, 0.5) is 16.2 Å². The first-order valence-electron chi connectivity index (χ1n) is 8.02. The first-order valence-corrected chi connectivity index (χ1v) is 8.39. The molecule has 7 heteroatoms. The summed E-state index contributed by atoms with van der Waals surface area (Å²) in [6, 6.07) is 9.73. The van der Waals surface area contributed by atoms with Gasteiger partial charge in [0.05, 0.1) is 11.8 Å². The summed E-state index contributed by atoms with van der Waals surface area (Å²) >= 11 is 5.84. The minimum absolute atomic E-state index is 0.427. The van der Waals surface area contributed by atoms with Crippen LogP contribution in [-0.2, 0) is 0 Å². The van der Waals surface area contributed by atoms with Gasteiger partial charge in [-0.15, -0.1) is 0 Å². The van der Waals surface area contributed by atoms with Crippen molar-refractivity contribution in [2.45, 2.75) is 19.4 Å². The molecule has 132 valence electrons. The number of amides is 2. The normalized spacial score (nSPS) is 13.9. The molecule has 2 aromatic carbocycles. The van der Waals surface area contributed by atoms with Crippen LogP contribution in [0.2, 0.25) is 5.02 Å². The number of urea groups is 1. The van der Waals surface area contributed by atoms with Crippen LogP contribution in [0.3, 0.4) is 0 Å². The number of fused-ring (bicyclic) bond motifs is 1. The maximum atomic E-state index is 12.3. The van der Waals surface area contributed by atoms with E-state index in [1.165, 1.54) is 0 Å². The van der Waals surface area contributed by atoms with Crippen molar-refractivity contribution in [2.75, 3.05) is 23.8 Å². The van der Waals surface area contributed by atoms with Crippen LogP contribution in [0, 0.1) is 0 Å². The van der Waals surface area contributed by atoms with Crippen molar-refractivity contribution in [3.8, 4) is 11.5 Å². The van der Waals surface area contributed by atoms with Gasteiger partial charge in [0.15, 0.2) is 11.5 Å². The fraction of sp³-hybridized carbons (Fsp3) is 0.278. The highest BCUT2D eigenvalue weighted by atomic mass is 35.5. The van der Waals surface area contributed by atoms with Gasteiger partial charge in [0, 0.05) is 22.3 Å². The average molecular weight is 363 g/mol. The highest BCUT2D eigenvalue weighted by Gasteiger charge is 2.20. The third-order valence-corrected chi connectivity index (χ3v) is 4.06. The Bertz CT molecular complexity index is 764. The lowest BCUT2D eigenvalue weighted by atomic mass is 10.0. The van der Waals surface area contributed by atoms with Gasteiger partial charge in [0.25, 0.3) is 0 Å². The molecule has 1 unspecified atom stereocenters. The first kappa shape index (κ1) is 17.4. The monoisotopic (exact) mass is 362 g/mol. The van der Waals surface area contributed by atoms with Crippen molar-refractivity contribution < 1.29 is 19.4 Å². The van der Waals surface area contributed by atoms with Crippen molar-refractivity contribution in [1.29, 1.82) is 0 Å². The lowest BCUT2D eigenvalue weighted by molar-refractivity contribution is 0.163. The van der Waals surface area contributed by atoms with Crippen LogP contribution in [-0.4, -0.2) is 24.4 Å². The standard InChI is InChI=1S/C18H19ClN2O4/c1-2-15(22)13-9-16-17(25-8-7-24-16)10-14(13)21-18(23)20-12-5-3-11(19)4-6-12/h3-6,9-10,15,22H,2,7-8H2,1H3,(H2,20,21,23). The number of nitrogens with one attached hydrogen (secondary N) is 2. The van der Waals surface area contributed by atoms with Crippen molar-refractivity contribution in [3.63, 3.8) is 0 Å². The molecule has 0 radical (unpaired) electrons. The van der Waals surface area contributed by atoms with E-state index in [1.807, 2.05) is 6.92 Å². The van der Waals surface area contributed by atoms with Gasteiger partial charge in [-0.05, 0) is 36.8 Å². The Morgan fingerprint density at radius 1 is 1.16 bits per heavy atom. The van der Waals surface area contributed by atoms with Crippen molar-refractivity contribution >= 4 is 29.0 Å². The number of hydrogen-bond acceptors (Lipinski definition) is 4. The van der Waals surface area contributed by atoms with Gasteiger partial charge in [0.1, 0.15) is 13.2 Å². The van der Waals surface area contributed by atoms with E-state index in [1.54, 1.807) is 36.4 Å². The second-order valence-corrected chi connectivity index (χ2v) is 6.03. The number of halogens is 1. The van der Waals surface area contributed by atoms with Gasteiger partial charge in [-0.2, -0.15) is 0 Å². The number of ether oxygens (including phenoxy) is 2. The summed E-state index contributed by atoms with van der Waals surface area (Å²) < 4.78 is 11.1. The molecule has 3 N–H and O–H groups in total. The number of carbonyl (C=O) groups excluding carboxylic acids is 1. The molecule has 3 rings (SSSR count). The molecule has 0 aliphatic carbocycles. The Hall–Kier alpha value is -2.44. The number of hydrogen-bond donors (Lipinski definition) is 3. The predicted octanol–water partition coefficient (Wildman–Crippen LogP) is 4.20. The zero-order valence-corrected chi connectivity index (χ0v) is 14.5. The topological polar surface area (TPSA) is 79.8 Å². The molecule has 0 saturated carbocycles. The third-order valence-electron chi connectivity index (χ3n) is 3.81. The second-order valence-electron chi connectivity index (χ2n) is 5.59. The number of carbonyl (C=O) groups is 1. The van der Waals surface area contributed by atoms with Crippen LogP contribution in [0.15, 0.2) is 36.4 Å². The Kier molecular flexibility index (Phi) is 5.31. The Morgan fingerprint density at radius 2 is 1.80 bits per heavy atom. The molecule has 1 atom stereocenters. The molecule has 1 aliphatic heterocycles. The first-order chi connectivity index (χ1) is 12.1. The van der Waals surface area contributed by atoms with Crippen molar-refractivity contribution in [1.82, 2.24) is 0 Å². The van der Waals surface area contributed by atoms with Gasteiger partial charge in [-0.25, -0.2) is 4.79 Å². The quantitative estimate of drug-likeness (QED) is 0.761. The van der Waals surface area contributed by atoms with Gasteiger partial charge >= 0.3 is 6.03 Å². The number of rotatable bonds is 4. The average Bonchev–Trinajstić information content (AvgIpc) is 2.62. The summed E-state index contributed by atoms with van der Waals surface area (Å²) in [6.07, 6.45) is -0.214. The van der Waals surface area contributed by atoms with E-state index in [4.69, 9.17) is 21.1 Å². The van der Waals surface area contributed by atoms with Crippen LogP contribution in [0.5, 0.6) is 11.5 Å². The summed E-state index contributed by atoms with van der Waals surface area (Å²) in [6.45, 7) is 2.76. The van der Waals surface area contributed by atoms with Crippen LogP contribution >= 0.6 is 11.6 Å². The molecule has 0 spiro atoms. The summed E-state index contributed by atoms with van der Waals surface area (Å²) in [4.78, 5) is 12.3.